The van der Waals surface area contributed by atoms with Crippen LogP contribution in [0.5, 0.6) is 0 Å². The van der Waals surface area contributed by atoms with Crippen LogP contribution in [0.15, 0.2) is 0 Å². The van der Waals surface area contributed by atoms with Crippen LogP contribution in [0.3, 0.4) is 0 Å². The van der Waals surface area contributed by atoms with Gasteiger partial charge in [-0.1, -0.05) is 0 Å². The zero-order chi connectivity index (χ0) is 12.1. The number of aliphatic hydroxyl groups excluding tert-OH is 5. The lowest BCUT2D eigenvalue weighted by atomic mass is 10.0. The van der Waals surface area contributed by atoms with Crippen LogP contribution < -0.4 is 0 Å². The largest absolute Gasteiger partial charge is 0.394 e. The molecule has 1 aliphatic heterocycles. The van der Waals surface area contributed by atoms with E-state index >= 15 is 0 Å². The molecule has 1 aliphatic rings. The van der Waals surface area contributed by atoms with Gasteiger partial charge in [-0.05, 0) is 17.9 Å². The first-order valence-corrected chi connectivity index (χ1v) is 7.24. The van der Waals surface area contributed by atoms with Crippen LogP contribution in [-0.4, -0.2) is 72.6 Å². The van der Waals surface area contributed by atoms with E-state index in [-0.39, 0.29) is 4.58 Å². The van der Waals surface area contributed by atoms with Crippen molar-refractivity contribution >= 4 is 23.5 Å². The molecule has 1 heterocycles. The molecule has 1 saturated heterocycles. The zero-order valence-electron chi connectivity index (χ0n) is 8.77. The van der Waals surface area contributed by atoms with Crippen molar-refractivity contribution < 1.29 is 25.5 Å². The fraction of sp³-hybridized carbons (Fsp3) is 1.00. The first kappa shape index (κ1) is 14.6. The summed E-state index contributed by atoms with van der Waals surface area (Å²) in [5, 5.41) is 46.7. The zero-order valence-corrected chi connectivity index (χ0v) is 10.4. The molecule has 4 atom stereocenters. The van der Waals surface area contributed by atoms with Gasteiger partial charge in [0.15, 0.2) is 0 Å². The summed E-state index contributed by atoms with van der Waals surface area (Å²) in [6.45, 7) is -0.643. The van der Waals surface area contributed by atoms with Gasteiger partial charge in [0.2, 0.25) is 0 Å². The standard InChI is InChI=1S/C9H18O5S2/c10-4-5(11)6(12)7(13)8(14)9-15-2-1-3-16-9/h5-14H,1-4H2/t5-,6-,7-,8-/m1/s1. The van der Waals surface area contributed by atoms with Crippen molar-refractivity contribution in [2.45, 2.75) is 35.4 Å². The molecule has 0 spiro atoms. The van der Waals surface area contributed by atoms with Gasteiger partial charge < -0.3 is 25.5 Å². The molecule has 0 aromatic rings. The Hall–Kier alpha value is 0.500. The summed E-state index contributed by atoms with van der Waals surface area (Å²) in [4.78, 5) is 0. The van der Waals surface area contributed by atoms with E-state index in [1.165, 1.54) is 23.5 Å². The highest BCUT2D eigenvalue weighted by Gasteiger charge is 2.35. The van der Waals surface area contributed by atoms with Gasteiger partial charge in [-0.15, -0.1) is 23.5 Å². The van der Waals surface area contributed by atoms with Gasteiger partial charge in [0.1, 0.15) is 24.4 Å². The Bertz CT molecular complexity index is 194. The topological polar surface area (TPSA) is 101 Å². The fourth-order valence-electron chi connectivity index (χ4n) is 1.40. The third kappa shape index (κ3) is 3.76. The maximum Gasteiger partial charge on any atom is 0.111 e. The van der Waals surface area contributed by atoms with Crippen LogP contribution >= 0.6 is 23.5 Å². The van der Waals surface area contributed by atoms with Crippen molar-refractivity contribution in [1.29, 1.82) is 0 Å². The number of hydrogen-bond donors (Lipinski definition) is 5. The molecule has 5 N–H and O–H groups in total. The molecule has 96 valence electrons. The maximum atomic E-state index is 9.81. The minimum atomic E-state index is -1.52. The van der Waals surface area contributed by atoms with E-state index in [1.807, 2.05) is 0 Å². The molecule has 5 nitrogen and oxygen atoms in total. The lowest BCUT2D eigenvalue weighted by Gasteiger charge is -2.32. The van der Waals surface area contributed by atoms with Gasteiger partial charge in [0.05, 0.1) is 11.2 Å². The van der Waals surface area contributed by atoms with Crippen LogP contribution in [0.1, 0.15) is 6.42 Å². The number of rotatable bonds is 5. The summed E-state index contributed by atoms with van der Waals surface area (Å²) in [7, 11) is 0. The summed E-state index contributed by atoms with van der Waals surface area (Å²) in [6, 6.07) is 0. The maximum absolute atomic E-state index is 9.81. The van der Waals surface area contributed by atoms with Crippen molar-refractivity contribution in [3.05, 3.63) is 0 Å². The van der Waals surface area contributed by atoms with E-state index in [9.17, 15) is 15.3 Å². The normalized spacial score (nSPS) is 26.1. The van der Waals surface area contributed by atoms with Crippen molar-refractivity contribution in [2.24, 2.45) is 0 Å². The average Bonchev–Trinajstić information content (AvgIpc) is 2.36. The molecular formula is C9H18O5S2. The third-order valence-corrected chi connectivity index (χ3v) is 5.49. The fourth-order valence-corrected chi connectivity index (χ4v) is 4.35. The Morgan fingerprint density at radius 3 is 2.06 bits per heavy atom. The summed E-state index contributed by atoms with van der Waals surface area (Å²) >= 11 is 3.07. The highest BCUT2D eigenvalue weighted by molar-refractivity contribution is 8.17. The highest BCUT2D eigenvalue weighted by atomic mass is 32.2. The van der Waals surface area contributed by atoms with Gasteiger partial charge in [0, 0.05) is 0 Å². The van der Waals surface area contributed by atoms with Crippen LogP contribution in [0.25, 0.3) is 0 Å². The Balaban J connectivity index is 2.47. The molecule has 0 aromatic heterocycles. The molecular weight excluding hydrogens is 252 g/mol. The Morgan fingerprint density at radius 2 is 1.56 bits per heavy atom. The van der Waals surface area contributed by atoms with Gasteiger partial charge >= 0.3 is 0 Å². The molecule has 0 saturated carbocycles. The predicted molar refractivity (Wildman–Crippen MR) is 64.4 cm³/mol. The van der Waals surface area contributed by atoms with Crippen LogP contribution in [-0.2, 0) is 0 Å². The number of hydrogen-bond acceptors (Lipinski definition) is 7. The highest BCUT2D eigenvalue weighted by Crippen LogP contribution is 2.34. The summed E-state index contributed by atoms with van der Waals surface area (Å²) in [6.07, 6.45) is -4.43. The monoisotopic (exact) mass is 270 g/mol. The minimum absolute atomic E-state index is 0.190. The van der Waals surface area contributed by atoms with Crippen molar-refractivity contribution in [2.75, 3.05) is 18.1 Å². The Kier molecular flexibility index (Phi) is 6.42. The second-order valence-corrected chi connectivity index (χ2v) is 6.48. The Morgan fingerprint density at radius 1 is 1.00 bits per heavy atom. The first-order chi connectivity index (χ1) is 7.57. The summed E-state index contributed by atoms with van der Waals surface area (Å²) in [5.41, 5.74) is 0. The third-order valence-electron chi connectivity index (χ3n) is 2.41. The average molecular weight is 270 g/mol. The molecule has 0 aliphatic carbocycles. The quantitative estimate of drug-likeness (QED) is 0.420. The molecule has 0 amide bonds. The molecule has 7 heteroatoms. The lowest BCUT2D eigenvalue weighted by Crippen LogP contribution is -2.49. The van der Waals surface area contributed by atoms with Gasteiger partial charge in [-0.25, -0.2) is 0 Å². The van der Waals surface area contributed by atoms with E-state index < -0.39 is 31.0 Å². The minimum Gasteiger partial charge on any atom is -0.394 e. The molecule has 0 aromatic carbocycles. The van der Waals surface area contributed by atoms with E-state index in [1.54, 1.807) is 0 Å². The Labute approximate surface area is 103 Å². The molecule has 0 radical (unpaired) electrons. The van der Waals surface area contributed by atoms with E-state index in [4.69, 9.17) is 10.2 Å². The van der Waals surface area contributed by atoms with Gasteiger partial charge in [0.25, 0.3) is 0 Å². The van der Waals surface area contributed by atoms with E-state index in [2.05, 4.69) is 0 Å². The van der Waals surface area contributed by atoms with Crippen molar-refractivity contribution in [1.82, 2.24) is 0 Å². The molecule has 0 unspecified atom stereocenters. The summed E-state index contributed by atoms with van der Waals surface area (Å²) in [5.74, 6) is 1.83. The van der Waals surface area contributed by atoms with Crippen molar-refractivity contribution in [3.8, 4) is 0 Å². The second kappa shape index (κ2) is 7.05. The first-order valence-electron chi connectivity index (χ1n) is 5.14. The van der Waals surface area contributed by atoms with Gasteiger partial charge in [-0.3, -0.25) is 0 Å². The van der Waals surface area contributed by atoms with E-state index in [0.29, 0.717) is 0 Å². The van der Waals surface area contributed by atoms with E-state index in [0.717, 1.165) is 17.9 Å². The molecule has 16 heavy (non-hydrogen) atoms. The van der Waals surface area contributed by atoms with Crippen LogP contribution in [0, 0.1) is 0 Å². The number of thioether (sulfide) groups is 2. The smallest absolute Gasteiger partial charge is 0.111 e. The van der Waals surface area contributed by atoms with Gasteiger partial charge in [-0.2, -0.15) is 0 Å². The van der Waals surface area contributed by atoms with Crippen LogP contribution in [0.4, 0.5) is 0 Å². The molecule has 1 rings (SSSR count). The van der Waals surface area contributed by atoms with Crippen molar-refractivity contribution in [3.63, 3.8) is 0 Å². The SMILES string of the molecule is OC[C@@H](O)[C@@H](O)[C@@H](O)[C@@H](O)C1SCCCS1. The van der Waals surface area contributed by atoms with Crippen LogP contribution in [0.2, 0.25) is 0 Å². The number of aliphatic hydroxyl groups is 5. The molecule has 1 fully saturated rings. The predicted octanol–water partition coefficient (Wildman–Crippen LogP) is -1.38. The molecule has 0 bridgehead atoms. The second-order valence-electron chi connectivity index (χ2n) is 3.69. The summed E-state index contributed by atoms with van der Waals surface area (Å²) < 4.78 is -0.190. The lowest BCUT2D eigenvalue weighted by molar-refractivity contribution is -0.111.